The smallest absolute Gasteiger partial charge is 0.279 e. The number of likely N-dealkylation sites (tertiary alicyclic amines) is 1. The zero-order valence-corrected chi connectivity index (χ0v) is 11.8. The third-order valence-corrected chi connectivity index (χ3v) is 3.35. The van der Waals surface area contributed by atoms with Crippen LogP contribution in [-0.2, 0) is 9.59 Å². The fourth-order valence-corrected chi connectivity index (χ4v) is 2.16. The molecule has 1 saturated heterocycles. The minimum atomic E-state index is -0.729. The molecule has 0 aromatic heterocycles. The van der Waals surface area contributed by atoms with E-state index in [-0.39, 0.29) is 11.5 Å². The Morgan fingerprint density at radius 1 is 1.55 bits per heavy atom. The van der Waals surface area contributed by atoms with Crippen LogP contribution in [0.15, 0.2) is 24.3 Å². The highest BCUT2D eigenvalue weighted by atomic mass is 19.1. The van der Waals surface area contributed by atoms with E-state index in [0.29, 0.717) is 13.0 Å². The summed E-state index contributed by atoms with van der Waals surface area (Å²) in [6.45, 7) is 0.566. The summed E-state index contributed by atoms with van der Waals surface area (Å²) >= 11 is 0. The van der Waals surface area contributed by atoms with Crippen molar-refractivity contribution >= 4 is 23.6 Å². The third-order valence-electron chi connectivity index (χ3n) is 3.35. The van der Waals surface area contributed by atoms with E-state index in [1.807, 2.05) is 0 Å². The number of rotatable bonds is 4. The average molecular weight is 307 g/mol. The molecular formula is C14H14FN3O4. The molecular weight excluding hydrogens is 293 g/mol. The molecule has 1 heterocycles. The Kier molecular flexibility index (Phi) is 4.50. The topological polar surface area (TPSA) is 92.6 Å². The maximum absolute atomic E-state index is 13.0. The van der Waals surface area contributed by atoms with Crippen molar-refractivity contribution in [1.29, 1.82) is 0 Å². The van der Waals surface area contributed by atoms with Gasteiger partial charge in [-0.15, -0.1) is 0 Å². The van der Waals surface area contributed by atoms with Crippen LogP contribution in [0.1, 0.15) is 12.0 Å². The molecule has 2 amide bonds. The Labute approximate surface area is 125 Å². The van der Waals surface area contributed by atoms with Crippen molar-refractivity contribution in [2.45, 2.75) is 12.5 Å². The molecule has 1 fully saturated rings. The Morgan fingerprint density at radius 3 is 2.86 bits per heavy atom. The summed E-state index contributed by atoms with van der Waals surface area (Å²) in [7, 11) is 1.65. The van der Waals surface area contributed by atoms with E-state index in [9.17, 15) is 24.1 Å². The molecule has 0 spiro atoms. The number of hydrogen-bond donors (Lipinski definition) is 1. The fraction of sp³-hybridized carbons (Fsp3) is 0.286. The number of benzene rings is 1. The average Bonchev–Trinajstić information content (AvgIpc) is 2.78. The molecule has 8 heteroatoms. The van der Waals surface area contributed by atoms with Gasteiger partial charge in [-0.05, 0) is 24.6 Å². The summed E-state index contributed by atoms with van der Waals surface area (Å²) < 4.78 is 13.0. The summed E-state index contributed by atoms with van der Waals surface area (Å²) in [5.41, 5.74) is -0.322. The summed E-state index contributed by atoms with van der Waals surface area (Å²) in [5.74, 6) is -1.44. The van der Waals surface area contributed by atoms with Gasteiger partial charge in [0.25, 0.3) is 5.69 Å². The van der Waals surface area contributed by atoms with E-state index in [1.165, 1.54) is 17.0 Å². The molecule has 0 radical (unpaired) electrons. The fourth-order valence-electron chi connectivity index (χ4n) is 2.16. The number of carbonyl (C=O) groups is 2. The van der Waals surface area contributed by atoms with Gasteiger partial charge in [0.05, 0.1) is 16.6 Å². The summed E-state index contributed by atoms with van der Waals surface area (Å²) in [6, 6.07) is 2.49. The van der Waals surface area contributed by atoms with Crippen LogP contribution in [0.5, 0.6) is 0 Å². The second kappa shape index (κ2) is 6.33. The maximum atomic E-state index is 13.0. The van der Waals surface area contributed by atoms with E-state index in [2.05, 4.69) is 5.32 Å². The molecule has 1 aliphatic heterocycles. The lowest BCUT2D eigenvalue weighted by atomic mass is 10.1. The standard InChI is InChI=1S/C14H14FN3O4/c1-17-7-6-11(14(17)20)16-13(19)5-3-9-2-4-10(15)8-12(9)18(21)22/h2-5,8,11H,6-7H2,1H3,(H,16,19)/b5-3+. The van der Waals surface area contributed by atoms with Gasteiger partial charge < -0.3 is 10.2 Å². The Hall–Kier alpha value is -2.77. The molecule has 2 rings (SSSR count). The Bertz CT molecular complexity index is 659. The van der Waals surface area contributed by atoms with Crippen LogP contribution in [0, 0.1) is 15.9 Å². The maximum Gasteiger partial charge on any atom is 0.279 e. The number of nitrogens with one attached hydrogen (secondary N) is 1. The van der Waals surface area contributed by atoms with Gasteiger partial charge in [0.15, 0.2) is 0 Å². The first-order valence-electron chi connectivity index (χ1n) is 6.56. The quantitative estimate of drug-likeness (QED) is 0.512. The minimum Gasteiger partial charge on any atom is -0.344 e. The number of nitro groups is 1. The zero-order valence-electron chi connectivity index (χ0n) is 11.8. The third kappa shape index (κ3) is 3.46. The van der Waals surface area contributed by atoms with Crippen molar-refractivity contribution in [3.05, 3.63) is 45.8 Å². The molecule has 7 nitrogen and oxygen atoms in total. The highest BCUT2D eigenvalue weighted by Crippen LogP contribution is 2.21. The number of amides is 2. The van der Waals surface area contributed by atoms with Gasteiger partial charge >= 0.3 is 0 Å². The highest BCUT2D eigenvalue weighted by molar-refractivity contribution is 5.96. The molecule has 116 valence electrons. The largest absolute Gasteiger partial charge is 0.344 e. The van der Waals surface area contributed by atoms with Crippen LogP contribution in [-0.4, -0.2) is 41.3 Å². The number of nitrogens with zero attached hydrogens (tertiary/aromatic N) is 2. The molecule has 1 aromatic rings. The Morgan fingerprint density at radius 2 is 2.27 bits per heavy atom. The first-order chi connectivity index (χ1) is 10.4. The van der Waals surface area contributed by atoms with Gasteiger partial charge in [0.1, 0.15) is 11.9 Å². The van der Waals surface area contributed by atoms with Gasteiger partial charge in [-0.1, -0.05) is 0 Å². The monoisotopic (exact) mass is 307 g/mol. The molecule has 22 heavy (non-hydrogen) atoms. The first-order valence-corrected chi connectivity index (χ1v) is 6.56. The summed E-state index contributed by atoms with van der Waals surface area (Å²) in [6.07, 6.45) is 2.83. The highest BCUT2D eigenvalue weighted by Gasteiger charge is 2.29. The van der Waals surface area contributed by atoms with Crippen LogP contribution in [0.2, 0.25) is 0 Å². The van der Waals surface area contributed by atoms with Crippen molar-refractivity contribution in [2.75, 3.05) is 13.6 Å². The lowest BCUT2D eigenvalue weighted by Gasteiger charge is -2.10. The van der Waals surface area contributed by atoms with E-state index in [0.717, 1.165) is 18.2 Å². The molecule has 0 saturated carbocycles. The van der Waals surface area contributed by atoms with Crippen molar-refractivity contribution < 1.29 is 18.9 Å². The van der Waals surface area contributed by atoms with Gasteiger partial charge in [-0.2, -0.15) is 0 Å². The summed E-state index contributed by atoms with van der Waals surface area (Å²) in [5, 5.41) is 13.4. The predicted octanol–water partition coefficient (Wildman–Crippen LogP) is 1.09. The summed E-state index contributed by atoms with van der Waals surface area (Å²) in [4.78, 5) is 35.0. The van der Waals surface area contributed by atoms with Crippen LogP contribution >= 0.6 is 0 Å². The normalized spacial score (nSPS) is 18.0. The lowest BCUT2D eigenvalue weighted by molar-refractivity contribution is -0.385. The number of nitro benzene ring substituents is 1. The van der Waals surface area contributed by atoms with Crippen molar-refractivity contribution in [2.24, 2.45) is 0 Å². The minimum absolute atomic E-state index is 0.108. The van der Waals surface area contributed by atoms with Crippen LogP contribution < -0.4 is 5.32 Å². The van der Waals surface area contributed by atoms with E-state index >= 15 is 0 Å². The SMILES string of the molecule is CN1CCC(NC(=O)/C=C/c2ccc(F)cc2[N+](=O)[O-])C1=O. The first kappa shape index (κ1) is 15.6. The lowest BCUT2D eigenvalue weighted by Crippen LogP contribution is -2.39. The number of likely N-dealkylation sites (N-methyl/N-ethyl adjacent to an activating group) is 1. The van der Waals surface area contributed by atoms with Gasteiger partial charge in [0, 0.05) is 19.7 Å². The number of carbonyl (C=O) groups excluding carboxylic acids is 2. The van der Waals surface area contributed by atoms with E-state index in [1.54, 1.807) is 7.05 Å². The zero-order chi connectivity index (χ0) is 16.3. The van der Waals surface area contributed by atoms with Crippen LogP contribution in [0.4, 0.5) is 10.1 Å². The van der Waals surface area contributed by atoms with Gasteiger partial charge in [-0.3, -0.25) is 19.7 Å². The molecule has 0 aliphatic carbocycles. The number of hydrogen-bond acceptors (Lipinski definition) is 4. The molecule has 1 atom stereocenters. The van der Waals surface area contributed by atoms with E-state index < -0.39 is 28.4 Å². The van der Waals surface area contributed by atoms with Crippen molar-refractivity contribution in [3.8, 4) is 0 Å². The predicted molar refractivity (Wildman–Crippen MR) is 76.3 cm³/mol. The van der Waals surface area contributed by atoms with Crippen molar-refractivity contribution in [3.63, 3.8) is 0 Å². The van der Waals surface area contributed by atoms with E-state index in [4.69, 9.17) is 0 Å². The molecule has 1 aliphatic rings. The second-order valence-electron chi connectivity index (χ2n) is 4.90. The van der Waals surface area contributed by atoms with Crippen LogP contribution in [0.25, 0.3) is 6.08 Å². The molecule has 1 aromatic carbocycles. The molecule has 1 N–H and O–H groups in total. The van der Waals surface area contributed by atoms with Gasteiger partial charge in [-0.25, -0.2) is 4.39 Å². The number of halogens is 1. The Balaban J connectivity index is 2.07. The van der Waals surface area contributed by atoms with Crippen LogP contribution in [0.3, 0.4) is 0 Å². The van der Waals surface area contributed by atoms with Gasteiger partial charge in [0.2, 0.25) is 11.8 Å². The van der Waals surface area contributed by atoms with Crippen molar-refractivity contribution in [1.82, 2.24) is 10.2 Å². The molecule has 0 bridgehead atoms. The second-order valence-corrected chi connectivity index (χ2v) is 4.90. The molecule has 1 unspecified atom stereocenters.